The van der Waals surface area contributed by atoms with E-state index in [0.717, 1.165) is 49.9 Å². The zero-order chi connectivity index (χ0) is 16.5. The van der Waals surface area contributed by atoms with Crippen molar-refractivity contribution in [2.75, 3.05) is 13.3 Å². The van der Waals surface area contributed by atoms with E-state index >= 15 is 0 Å². The van der Waals surface area contributed by atoms with Crippen molar-refractivity contribution in [3.63, 3.8) is 0 Å². The molecule has 0 aromatic carbocycles. The minimum Gasteiger partial charge on any atom is -0.251 e. The summed E-state index contributed by atoms with van der Waals surface area (Å²) in [5.41, 5.74) is 0. The van der Waals surface area contributed by atoms with Crippen molar-refractivity contribution in [1.82, 2.24) is 0 Å². The molecule has 0 nitrogen and oxygen atoms in total. The lowest BCUT2D eigenvalue weighted by molar-refractivity contribution is 0.325. The Kier molecular flexibility index (Phi) is 17.6. The van der Waals surface area contributed by atoms with Gasteiger partial charge < -0.3 is 0 Å². The molecule has 0 aliphatic carbocycles. The van der Waals surface area contributed by atoms with Crippen LogP contribution >= 0.6 is 0 Å². The van der Waals surface area contributed by atoms with Gasteiger partial charge in [-0.1, -0.05) is 37.8 Å². The molecule has 0 spiro atoms. The maximum absolute atomic E-state index is 13.5. The molecular weight excluding hydrogens is 324 g/mol. The summed E-state index contributed by atoms with van der Waals surface area (Å²) in [6.45, 7) is -0.580. The molecule has 0 fully saturated rings. The first-order valence-corrected chi connectivity index (χ1v) is 13.1. The molecule has 2 unspecified atom stereocenters. The molecule has 0 saturated carbocycles. The lowest BCUT2D eigenvalue weighted by Gasteiger charge is -2.08. The van der Waals surface area contributed by atoms with Crippen LogP contribution in [0.15, 0.2) is 0 Å². The van der Waals surface area contributed by atoms with Crippen molar-refractivity contribution in [3.05, 3.63) is 0 Å². The third-order valence-electron chi connectivity index (χ3n) is 4.09. The first-order valence-electron chi connectivity index (χ1n) is 9.10. The van der Waals surface area contributed by atoms with E-state index in [1.807, 2.05) is 0 Å². The topological polar surface area (TPSA) is 0 Å². The third-order valence-corrected chi connectivity index (χ3v) is 9.16. The highest BCUT2D eigenvalue weighted by Crippen LogP contribution is 2.13. The number of rotatable bonds is 17. The van der Waals surface area contributed by atoms with Gasteiger partial charge in [-0.05, 0) is 37.8 Å². The van der Waals surface area contributed by atoms with Crippen LogP contribution in [0.1, 0.15) is 51.4 Å². The highest BCUT2D eigenvalue weighted by molar-refractivity contribution is 6.42. The van der Waals surface area contributed by atoms with E-state index in [0.29, 0.717) is 25.7 Å². The Labute approximate surface area is 138 Å². The Morgan fingerprint density at radius 1 is 0.591 bits per heavy atom. The summed E-state index contributed by atoms with van der Waals surface area (Å²) in [5, 5.41) is 0. The van der Waals surface area contributed by atoms with Crippen molar-refractivity contribution in [2.24, 2.45) is 0 Å². The first-order chi connectivity index (χ1) is 10.7. The molecule has 134 valence electrons. The van der Waals surface area contributed by atoms with Crippen LogP contribution in [0.2, 0.25) is 24.2 Å². The molecule has 6 heteroatoms. The maximum Gasteiger partial charge on any atom is 0.0973 e. The fourth-order valence-electron chi connectivity index (χ4n) is 2.65. The second kappa shape index (κ2) is 17.5. The summed E-state index contributed by atoms with van der Waals surface area (Å²) >= 11 is 0. The Bertz CT molecular complexity index is 198. The molecule has 0 bridgehead atoms. The Morgan fingerprint density at radius 3 is 1.36 bits per heavy atom. The van der Waals surface area contributed by atoms with E-state index < -0.39 is 12.3 Å². The summed E-state index contributed by atoms with van der Waals surface area (Å²) in [6, 6.07) is 3.80. The molecule has 22 heavy (non-hydrogen) atoms. The molecule has 0 rings (SSSR count). The smallest absolute Gasteiger partial charge is 0.0973 e. The second-order valence-electron chi connectivity index (χ2n) is 6.26. The molecule has 0 aliphatic heterocycles. The highest BCUT2D eigenvalue weighted by Gasteiger charge is 2.08. The van der Waals surface area contributed by atoms with Gasteiger partial charge in [-0.15, -0.1) is 0 Å². The van der Waals surface area contributed by atoms with Crippen molar-refractivity contribution in [3.8, 4) is 0 Å². The number of alkyl halides is 4. The van der Waals surface area contributed by atoms with E-state index in [-0.39, 0.29) is 32.4 Å². The maximum atomic E-state index is 13.5. The zero-order valence-corrected chi connectivity index (χ0v) is 16.8. The third kappa shape index (κ3) is 16.5. The predicted molar refractivity (Wildman–Crippen MR) is 95.0 cm³/mol. The lowest BCUT2D eigenvalue weighted by Crippen LogP contribution is -2.07. The van der Waals surface area contributed by atoms with Crippen molar-refractivity contribution >= 4 is 19.0 Å². The summed E-state index contributed by atoms with van der Waals surface area (Å²) in [7, 11) is -0.644. The van der Waals surface area contributed by atoms with Crippen LogP contribution in [0.3, 0.4) is 0 Å². The van der Waals surface area contributed by atoms with Gasteiger partial charge in [-0.2, -0.15) is 0 Å². The van der Waals surface area contributed by atoms with Gasteiger partial charge in [-0.3, -0.25) is 8.78 Å². The van der Waals surface area contributed by atoms with Gasteiger partial charge in [0.1, 0.15) is 0 Å². The van der Waals surface area contributed by atoms with E-state index in [9.17, 15) is 17.6 Å². The SMILES string of the molecule is FCCCCCC(F)C[SiH2]CC[SiH2]CC(F)CCCCCF. The van der Waals surface area contributed by atoms with Crippen LogP contribution in [0.5, 0.6) is 0 Å². The van der Waals surface area contributed by atoms with Gasteiger partial charge in [-0.25, -0.2) is 8.78 Å². The minimum absolute atomic E-state index is 0.290. The highest BCUT2D eigenvalue weighted by atomic mass is 28.2. The Morgan fingerprint density at radius 2 is 1.00 bits per heavy atom. The molecule has 0 radical (unpaired) electrons. The second-order valence-corrected chi connectivity index (χ2v) is 10.2. The largest absolute Gasteiger partial charge is 0.251 e. The summed E-state index contributed by atoms with van der Waals surface area (Å²) < 4.78 is 50.8. The van der Waals surface area contributed by atoms with Crippen molar-refractivity contribution < 1.29 is 17.6 Å². The Hall–Kier alpha value is 0.154. The van der Waals surface area contributed by atoms with Crippen molar-refractivity contribution in [2.45, 2.75) is 87.9 Å². The van der Waals surface area contributed by atoms with Crippen LogP contribution in [0.25, 0.3) is 0 Å². The molecule has 0 aromatic rings. The normalized spacial score (nSPS) is 15.3. The first kappa shape index (κ1) is 22.2. The zero-order valence-electron chi connectivity index (χ0n) is 14.0. The fourth-order valence-corrected chi connectivity index (χ4v) is 7.52. The number of halogens is 4. The van der Waals surface area contributed by atoms with Gasteiger partial charge in [0.15, 0.2) is 0 Å². The predicted octanol–water partition coefficient (Wildman–Crippen LogP) is 4.73. The average molecular weight is 359 g/mol. The summed E-state index contributed by atoms with van der Waals surface area (Å²) in [6.07, 6.45) is 4.16. The van der Waals surface area contributed by atoms with Crippen LogP contribution in [0.4, 0.5) is 17.6 Å². The summed E-state index contributed by atoms with van der Waals surface area (Å²) in [4.78, 5) is 0. The average Bonchev–Trinajstić information content (AvgIpc) is 2.51. The number of hydrogen-bond acceptors (Lipinski definition) is 0. The van der Waals surface area contributed by atoms with Gasteiger partial charge in [0.2, 0.25) is 0 Å². The quantitative estimate of drug-likeness (QED) is 0.200. The van der Waals surface area contributed by atoms with Gasteiger partial charge in [0.25, 0.3) is 0 Å². The lowest BCUT2D eigenvalue weighted by atomic mass is 10.1. The van der Waals surface area contributed by atoms with E-state index in [2.05, 4.69) is 0 Å². The van der Waals surface area contributed by atoms with Crippen LogP contribution < -0.4 is 0 Å². The molecule has 2 atom stereocenters. The monoisotopic (exact) mass is 358 g/mol. The van der Waals surface area contributed by atoms with Crippen LogP contribution in [0, 0.1) is 0 Å². The Balaban J connectivity index is 3.24. The van der Waals surface area contributed by atoms with Crippen LogP contribution in [-0.2, 0) is 0 Å². The fraction of sp³-hybridized carbons (Fsp3) is 1.00. The van der Waals surface area contributed by atoms with Gasteiger partial charge in [0, 0.05) is 19.0 Å². The minimum atomic E-state index is -0.683. The molecule has 0 amide bonds. The van der Waals surface area contributed by atoms with E-state index in [1.165, 1.54) is 0 Å². The molecule has 0 aliphatic rings. The van der Waals surface area contributed by atoms with E-state index in [4.69, 9.17) is 0 Å². The molecule has 0 heterocycles. The molecule has 0 saturated heterocycles. The van der Waals surface area contributed by atoms with Crippen molar-refractivity contribution in [1.29, 1.82) is 0 Å². The molecular formula is C16H34F4Si2. The number of unbranched alkanes of at least 4 members (excludes halogenated alkanes) is 4. The van der Waals surface area contributed by atoms with Crippen LogP contribution in [-0.4, -0.2) is 44.7 Å². The summed E-state index contributed by atoms with van der Waals surface area (Å²) in [5.74, 6) is 0. The van der Waals surface area contributed by atoms with Gasteiger partial charge in [0.05, 0.1) is 25.7 Å². The van der Waals surface area contributed by atoms with E-state index in [1.54, 1.807) is 0 Å². The number of hydrogen-bond donors (Lipinski definition) is 0. The molecule has 0 aromatic heterocycles. The molecule has 0 N–H and O–H groups in total. The standard InChI is InChI=1S/C16H34F4Si2/c17-9-5-1-3-7-15(19)13-21-11-12-22-14-16(20)8-4-2-6-10-18/h15-16H,1-14,21-22H2. The van der Waals surface area contributed by atoms with Gasteiger partial charge >= 0.3 is 0 Å².